The second-order valence-corrected chi connectivity index (χ2v) is 6.31. The second-order valence-electron chi connectivity index (χ2n) is 6.31. The van der Waals surface area contributed by atoms with Gasteiger partial charge in [0, 0.05) is 0 Å². The summed E-state index contributed by atoms with van der Waals surface area (Å²) in [5, 5.41) is 0. The maximum atomic E-state index is 2.32. The van der Waals surface area contributed by atoms with Crippen molar-refractivity contribution in [2.24, 2.45) is 0 Å². The Morgan fingerprint density at radius 2 is 0.920 bits per heavy atom. The van der Waals surface area contributed by atoms with E-state index in [9.17, 15) is 0 Å². The highest BCUT2D eigenvalue weighted by atomic mass is 14.1. The highest BCUT2D eigenvalue weighted by molar-refractivity contribution is 6.37. The molecule has 0 nitrogen and oxygen atoms in total. The van der Waals surface area contributed by atoms with Crippen molar-refractivity contribution < 1.29 is 0 Å². The summed E-state index contributed by atoms with van der Waals surface area (Å²) in [6.45, 7) is 0. The summed E-state index contributed by atoms with van der Waals surface area (Å²) in [5.41, 5.74) is 8.92. The Kier molecular flexibility index (Phi) is 4.22. The number of hydrogen-bond donors (Lipinski definition) is 0. The van der Waals surface area contributed by atoms with Crippen molar-refractivity contribution in [3.05, 3.63) is 103 Å². The first kappa shape index (κ1) is 15.5. The lowest BCUT2D eigenvalue weighted by Gasteiger charge is -2.17. The Morgan fingerprint density at radius 3 is 1.48 bits per heavy atom. The fourth-order valence-electron chi connectivity index (χ4n) is 3.42. The predicted molar refractivity (Wildman–Crippen MR) is 111 cm³/mol. The lowest BCUT2D eigenvalue weighted by molar-refractivity contribution is 1.58. The lowest BCUT2D eigenvalue weighted by atomic mass is 9.80. The summed E-state index contributed by atoms with van der Waals surface area (Å²) in [6, 6.07) is 36.5. The SMILES string of the molecule is Bc1cc(-c2ccccc2)cc(-c2ccccc2)c1-c1ccccc1. The third kappa shape index (κ3) is 3.14. The smallest absolute Gasteiger partial charge is 0.0801 e. The van der Waals surface area contributed by atoms with Gasteiger partial charge in [-0.25, -0.2) is 0 Å². The van der Waals surface area contributed by atoms with Gasteiger partial charge in [-0.1, -0.05) is 103 Å². The van der Waals surface area contributed by atoms with Crippen LogP contribution in [0.1, 0.15) is 0 Å². The molecule has 0 aliphatic carbocycles. The lowest BCUT2D eigenvalue weighted by Crippen LogP contribution is -2.09. The Labute approximate surface area is 150 Å². The monoisotopic (exact) mass is 318 g/mol. The maximum absolute atomic E-state index is 2.32. The number of hydrogen-bond acceptors (Lipinski definition) is 0. The minimum atomic E-state index is 1.25. The van der Waals surface area contributed by atoms with Gasteiger partial charge in [0.1, 0.15) is 7.85 Å². The predicted octanol–water partition coefficient (Wildman–Crippen LogP) is 4.95. The van der Waals surface area contributed by atoms with E-state index in [4.69, 9.17) is 0 Å². The largest absolute Gasteiger partial charge is 0.140 e. The molecule has 0 N–H and O–H groups in total. The second kappa shape index (κ2) is 6.82. The molecule has 0 atom stereocenters. The van der Waals surface area contributed by atoms with Crippen LogP contribution in [-0.2, 0) is 0 Å². The molecule has 0 saturated heterocycles. The van der Waals surface area contributed by atoms with Crippen molar-refractivity contribution in [2.45, 2.75) is 0 Å². The van der Waals surface area contributed by atoms with Crippen LogP contribution < -0.4 is 5.46 Å². The Balaban J connectivity index is 1.99. The van der Waals surface area contributed by atoms with E-state index in [1.807, 2.05) is 0 Å². The van der Waals surface area contributed by atoms with Crippen LogP contribution in [-0.4, -0.2) is 7.85 Å². The zero-order valence-corrected chi connectivity index (χ0v) is 14.3. The van der Waals surface area contributed by atoms with Gasteiger partial charge in [0.05, 0.1) is 0 Å². The zero-order chi connectivity index (χ0) is 17.1. The van der Waals surface area contributed by atoms with Gasteiger partial charge in [-0.2, -0.15) is 0 Å². The van der Waals surface area contributed by atoms with Crippen LogP contribution in [0.5, 0.6) is 0 Å². The van der Waals surface area contributed by atoms with Crippen LogP contribution in [0.4, 0.5) is 0 Å². The van der Waals surface area contributed by atoms with Crippen LogP contribution >= 0.6 is 0 Å². The Morgan fingerprint density at radius 1 is 0.440 bits per heavy atom. The van der Waals surface area contributed by atoms with Gasteiger partial charge >= 0.3 is 0 Å². The van der Waals surface area contributed by atoms with Crippen molar-refractivity contribution in [3.63, 3.8) is 0 Å². The van der Waals surface area contributed by atoms with Crippen molar-refractivity contribution >= 4 is 13.3 Å². The molecule has 0 spiro atoms. The molecule has 4 aromatic rings. The first-order chi connectivity index (χ1) is 12.3. The molecule has 25 heavy (non-hydrogen) atoms. The molecule has 0 aromatic heterocycles. The number of benzene rings is 4. The standard InChI is InChI=1S/C24H19B/c25-23-17-21(18-10-4-1-5-11-18)16-22(19-12-6-2-7-13-19)24(23)20-14-8-3-9-15-20/h1-17H,25H2. The molecule has 118 valence electrons. The summed E-state index contributed by atoms with van der Waals surface area (Å²) in [5.74, 6) is 0. The van der Waals surface area contributed by atoms with E-state index in [0.29, 0.717) is 0 Å². The van der Waals surface area contributed by atoms with Crippen LogP contribution in [0, 0.1) is 0 Å². The highest BCUT2D eigenvalue weighted by Crippen LogP contribution is 2.34. The van der Waals surface area contributed by atoms with E-state index in [1.165, 1.54) is 38.8 Å². The third-order valence-corrected chi connectivity index (χ3v) is 4.59. The molecule has 4 aromatic carbocycles. The topological polar surface area (TPSA) is 0 Å². The van der Waals surface area contributed by atoms with Gasteiger partial charge < -0.3 is 0 Å². The van der Waals surface area contributed by atoms with Gasteiger partial charge in [-0.05, 0) is 39.4 Å². The molecule has 0 saturated carbocycles. The molecule has 4 rings (SSSR count). The molecule has 0 amide bonds. The molecule has 0 fully saturated rings. The summed E-state index contributed by atoms with van der Waals surface area (Å²) in [6.07, 6.45) is 0. The summed E-state index contributed by atoms with van der Waals surface area (Å²) in [4.78, 5) is 0. The molecule has 0 radical (unpaired) electrons. The van der Waals surface area contributed by atoms with Gasteiger partial charge in [0.25, 0.3) is 0 Å². The average molecular weight is 318 g/mol. The quantitative estimate of drug-likeness (QED) is 0.469. The Hall–Kier alpha value is -3.06. The minimum Gasteiger partial charge on any atom is -0.0801 e. The first-order valence-corrected chi connectivity index (χ1v) is 8.64. The zero-order valence-electron chi connectivity index (χ0n) is 14.3. The van der Waals surface area contributed by atoms with E-state index >= 15 is 0 Å². The van der Waals surface area contributed by atoms with E-state index in [-0.39, 0.29) is 0 Å². The average Bonchev–Trinajstić information content (AvgIpc) is 2.69. The van der Waals surface area contributed by atoms with Crippen LogP contribution in [0.3, 0.4) is 0 Å². The summed E-state index contributed by atoms with van der Waals surface area (Å²) >= 11 is 0. The summed E-state index contributed by atoms with van der Waals surface area (Å²) < 4.78 is 0. The molecule has 0 bridgehead atoms. The van der Waals surface area contributed by atoms with E-state index in [1.54, 1.807) is 0 Å². The molecule has 0 aliphatic heterocycles. The normalized spacial score (nSPS) is 10.6. The van der Waals surface area contributed by atoms with E-state index < -0.39 is 0 Å². The highest BCUT2D eigenvalue weighted by Gasteiger charge is 2.12. The molecule has 1 heteroatoms. The van der Waals surface area contributed by atoms with Crippen LogP contribution in [0.25, 0.3) is 33.4 Å². The molecular weight excluding hydrogens is 299 g/mol. The molecule has 0 unspecified atom stereocenters. The molecule has 0 aliphatic rings. The molecular formula is C24H19B. The van der Waals surface area contributed by atoms with Crippen LogP contribution in [0.15, 0.2) is 103 Å². The number of rotatable bonds is 3. The third-order valence-electron chi connectivity index (χ3n) is 4.59. The van der Waals surface area contributed by atoms with Crippen molar-refractivity contribution in [2.75, 3.05) is 0 Å². The van der Waals surface area contributed by atoms with E-state index in [2.05, 4.69) is 111 Å². The van der Waals surface area contributed by atoms with Crippen molar-refractivity contribution in [1.29, 1.82) is 0 Å². The van der Waals surface area contributed by atoms with Gasteiger partial charge in [0.2, 0.25) is 0 Å². The fourth-order valence-corrected chi connectivity index (χ4v) is 3.42. The maximum Gasteiger partial charge on any atom is 0.140 e. The van der Waals surface area contributed by atoms with Gasteiger partial charge in [0.15, 0.2) is 0 Å². The minimum absolute atomic E-state index is 1.25. The van der Waals surface area contributed by atoms with Gasteiger partial charge in [-0.15, -0.1) is 0 Å². The van der Waals surface area contributed by atoms with Crippen molar-refractivity contribution in [3.8, 4) is 33.4 Å². The molecule has 0 heterocycles. The fraction of sp³-hybridized carbons (Fsp3) is 0. The Bertz CT molecular complexity index is 974. The van der Waals surface area contributed by atoms with E-state index in [0.717, 1.165) is 0 Å². The van der Waals surface area contributed by atoms with Crippen LogP contribution in [0.2, 0.25) is 0 Å². The first-order valence-electron chi connectivity index (χ1n) is 8.64. The van der Waals surface area contributed by atoms with Gasteiger partial charge in [-0.3, -0.25) is 0 Å². The summed E-state index contributed by atoms with van der Waals surface area (Å²) in [7, 11) is 2.21. The van der Waals surface area contributed by atoms with Crippen molar-refractivity contribution in [1.82, 2.24) is 0 Å².